The second-order valence-corrected chi connectivity index (χ2v) is 5.73. The summed E-state index contributed by atoms with van der Waals surface area (Å²) in [5.74, 6) is -1.01. The van der Waals surface area contributed by atoms with Gasteiger partial charge in [0.1, 0.15) is 5.82 Å². The van der Waals surface area contributed by atoms with Crippen LogP contribution in [0.5, 0.6) is 0 Å². The Morgan fingerprint density at radius 3 is 2.95 bits per heavy atom. The van der Waals surface area contributed by atoms with Crippen molar-refractivity contribution in [2.75, 3.05) is 7.11 Å². The van der Waals surface area contributed by atoms with Gasteiger partial charge in [-0.05, 0) is 25.1 Å². The van der Waals surface area contributed by atoms with Crippen molar-refractivity contribution in [3.05, 3.63) is 45.9 Å². The summed E-state index contributed by atoms with van der Waals surface area (Å²) in [6, 6.07) is 4.52. The number of nitrogens with two attached hydrogens (primary N) is 1. The summed E-state index contributed by atoms with van der Waals surface area (Å²) in [6.45, 7) is 1.73. The first-order chi connectivity index (χ1) is 9.85. The second kappa shape index (κ2) is 5.90. The van der Waals surface area contributed by atoms with E-state index in [1.165, 1.54) is 24.1 Å². The minimum absolute atomic E-state index is 0.0742. The second-order valence-electron chi connectivity index (χ2n) is 4.81. The van der Waals surface area contributed by atoms with Crippen molar-refractivity contribution in [1.29, 1.82) is 0 Å². The van der Waals surface area contributed by atoms with Crippen molar-refractivity contribution < 1.29 is 13.9 Å². The van der Waals surface area contributed by atoms with Crippen molar-refractivity contribution in [1.82, 2.24) is 15.0 Å². The third-order valence-corrected chi connectivity index (χ3v) is 3.53. The number of methoxy groups -OCH3 is 1. The first-order valence-corrected chi connectivity index (χ1v) is 6.85. The normalized spacial score (nSPS) is 13.8. The van der Waals surface area contributed by atoms with Gasteiger partial charge < -0.3 is 10.5 Å². The van der Waals surface area contributed by atoms with E-state index in [2.05, 4.69) is 31.0 Å². The Kier molecular flexibility index (Phi) is 4.38. The van der Waals surface area contributed by atoms with Gasteiger partial charge in [-0.15, -0.1) is 5.10 Å². The Hall–Kier alpha value is -1.80. The van der Waals surface area contributed by atoms with Crippen molar-refractivity contribution in [2.45, 2.75) is 19.0 Å². The molecule has 2 N–H and O–H groups in total. The number of carbonyl (C=O) groups excluding carboxylic acids is 1. The van der Waals surface area contributed by atoms with Crippen LogP contribution in [0.1, 0.15) is 23.0 Å². The molecule has 6 nitrogen and oxygen atoms in total. The summed E-state index contributed by atoms with van der Waals surface area (Å²) in [5, 5.41) is 7.46. The van der Waals surface area contributed by atoms with E-state index in [4.69, 9.17) is 5.73 Å². The number of rotatable bonds is 4. The largest absolute Gasteiger partial charge is 0.464 e. The molecule has 1 atom stereocenters. The standard InChI is InChI=1S/C13H14BrFN4O2/c1-13(16,9-5-8(14)3-4-10(9)15)7-19-11(6-17-18-19)12(20)21-2/h3-6H,7,16H2,1-2H3. The number of hydrogen-bond donors (Lipinski definition) is 1. The van der Waals surface area contributed by atoms with Crippen molar-refractivity contribution in [2.24, 2.45) is 5.73 Å². The summed E-state index contributed by atoms with van der Waals surface area (Å²) in [5.41, 5.74) is 5.59. The van der Waals surface area contributed by atoms with E-state index in [-0.39, 0.29) is 12.2 Å². The van der Waals surface area contributed by atoms with Crippen LogP contribution in [0.15, 0.2) is 28.9 Å². The lowest BCUT2D eigenvalue weighted by Gasteiger charge is -2.26. The zero-order valence-corrected chi connectivity index (χ0v) is 13.1. The van der Waals surface area contributed by atoms with Gasteiger partial charge in [-0.3, -0.25) is 0 Å². The van der Waals surface area contributed by atoms with Crippen LogP contribution in [0.3, 0.4) is 0 Å². The van der Waals surface area contributed by atoms with Gasteiger partial charge in [0.2, 0.25) is 0 Å². The smallest absolute Gasteiger partial charge is 0.358 e. The van der Waals surface area contributed by atoms with Crippen LogP contribution >= 0.6 is 15.9 Å². The molecule has 0 aliphatic carbocycles. The average molecular weight is 357 g/mol. The zero-order chi connectivity index (χ0) is 15.6. The number of nitrogens with zero attached hydrogens (tertiary/aromatic N) is 3. The average Bonchev–Trinajstić information content (AvgIpc) is 2.87. The summed E-state index contributed by atoms with van der Waals surface area (Å²) >= 11 is 3.28. The predicted molar refractivity (Wildman–Crippen MR) is 77.0 cm³/mol. The van der Waals surface area contributed by atoms with Gasteiger partial charge in [-0.25, -0.2) is 13.9 Å². The fourth-order valence-corrected chi connectivity index (χ4v) is 2.33. The van der Waals surface area contributed by atoms with Crippen LogP contribution in [-0.2, 0) is 16.8 Å². The van der Waals surface area contributed by atoms with Gasteiger partial charge in [0, 0.05) is 10.0 Å². The quantitative estimate of drug-likeness (QED) is 0.845. The number of carbonyl (C=O) groups is 1. The van der Waals surface area contributed by atoms with E-state index >= 15 is 0 Å². The lowest BCUT2D eigenvalue weighted by molar-refractivity contribution is 0.0584. The summed E-state index contributed by atoms with van der Waals surface area (Å²) in [6.07, 6.45) is 1.28. The zero-order valence-electron chi connectivity index (χ0n) is 11.5. The maximum atomic E-state index is 14.0. The molecule has 21 heavy (non-hydrogen) atoms. The molecule has 1 heterocycles. The maximum absolute atomic E-state index is 14.0. The highest BCUT2D eigenvalue weighted by Crippen LogP contribution is 2.26. The maximum Gasteiger partial charge on any atom is 0.358 e. The number of aromatic nitrogens is 3. The minimum atomic E-state index is -1.08. The van der Waals surface area contributed by atoms with E-state index in [1.807, 2.05) is 0 Å². The Morgan fingerprint density at radius 2 is 2.29 bits per heavy atom. The fourth-order valence-electron chi connectivity index (χ4n) is 1.97. The van der Waals surface area contributed by atoms with Crippen LogP contribution in [0.4, 0.5) is 4.39 Å². The van der Waals surface area contributed by atoms with Crippen LogP contribution in [0, 0.1) is 5.82 Å². The molecule has 112 valence electrons. The van der Waals surface area contributed by atoms with Gasteiger partial charge in [-0.1, -0.05) is 21.1 Å². The van der Waals surface area contributed by atoms with Gasteiger partial charge in [0.15, 0.2) is 5.69 Å². The Morgan fingerprint density at radius 1 is 1.57 bits per heavy atom. The molecule has 8 heteroatoms. The lowest BCUT2D eigenvalue weighted by Crippen LogP contribution is -2.39. The summed E-state index contributed by atoms with van der Waals surface area (Å²) in [7, 11) is 1.26. The molecule has 2 aromatic rings. The monoisotopic (exact) mass is 356 g/mol. The molecule has 1 aromatic carbocycles. The molecule has 0 saturated carbocycles. The van der Waals surface area contributed by atoms with Crippen molar-refractivity contribution in [3.63, 3.8) is 0 Å². The van der Waals surface area contributed by atoms with Crippen LogP contribution < -0.4 is 5.73 Å². The van der Waals surface area contributed by atoms with E-state index in [0.29, 0.717) is 10.0 Å². The van der Waals surface area contributed by atoms with E-state index in [1.54, 1.807) is 19.1 Å². The SMILES string of the molecule is COC(=O)c1cnnn1CC(C)(N)c1cc(Br)ccc1F. The summed E-state index contributed by atoms with van der Waals surface area (Å²) < 4.78 is 20.6. The molecular weight excluding hydrogens is 343 g/mol. The third kappa shape index (κ3) is 3.27. The van der Waals surface area contributed by atoms with Crippen LogP contribution in [0.2, 0.25) is 0 Å². The molecule has 1 aromatic heterocycles. The topological polar surface area (TPSA) is 83.0 Å². The Balaban J connectivity index is 2.35. The minimum Gasteiger partial charge on any atom is -0.464 e. The molecule has 1 unspecified atom stereocenters. The molecule has 0 saturated heterocycles. The molecule has 0 aliphatic heterocycles. The molecule has 0 amide bonds. The Labute approximate surface area is 129 Å². The highest BCUT2D eigenvalue weighted by atomic mass is 79.9. The molecule has 2 rings (SSSR count). The molecule has 0 bridgehead atoms. The summed E-state index contributed by atoms with van der Waals surface area (Å²) in [4.78, 5) is 11.6. The van der Waals surface area contributed by atoms with Crippen molar-refractivity contribution >= 4 is 21.9 Å². The first-order valence-electron chi connectivity index (χ1n) is 6.06. The van der Waals surface area contributed by atoms with Gasteiger partial charge in [0.25, 0.3) is 0 Å². The highest BCUT2D eigenvalue weighted by molar-refractivity contribution is 9.10. The Bertz CT molecular complexity index is 672. The number of esters is 1. The van der Waals surface area contributed by atoms with Crippen LogP contribution in [0.25, 0.3) is 0 Å². The fraction of sp³-hybridized carbons (Fsp3) is 0.308. The number of ether oxygens (including phenoxy) is 1. The molecule has 0 radical (unpaired) electrons. The third-order valence-electron chi connectivity index (χ3n) is 3.03. The van der Waals surface area contributed by atoms with Gasteiger partial charge in [-0.2, -0.15) is 0 Å². The van der Waals surface area contributed by atoms with Gasteiger partial charge >= 0.3 is 5.97 Å². The number of hydrogen-bond acceptors (Lipinski definition) is 5. The van der Waals surface area contributed by atoms with Crippen molar-refractivity contribution in [3.8, 4) is 0 Å². The predicted octanol–water partition coefficient (Wildman–Crippen LogP) is 1.84. The van der Waals surface area contributed by atoms with Gasteiger partial charge in [0.05, 0.1) is 25.4 Å². The lowest BCUT2D eigenvalue weighted by atomic mass is 9.92. The van der Waals surface area contributed by atoms with E-state index in [0.717, 1.165) is 0 Å². The molecule has 0 spiro atoms. The number of halogens is 2. The molecule has 0 aliphatic rings. The molecular formula is C13H14BrFN4O2. The van der Waals surface area contributed by atoms with Crippen LogP contribution in [-0.4, -0.2) is 28.1 Å². The van der Waals surface area contributed by atoms with E-state index < -0.39 is 17.3 Å². The number of benzene rings is 1. The highest BCUT2D eigenvalue weighted by Gasteiger charge is 2.28. The molecule has 0 fully saturated rings. The first kappa shape index (κ1) is 15.6. The van der Waals surface area contributed by atoms with E-state index in [9.17, 15) is 9.18 Å².